The van der Waals surface area contributed by atoms with Gasteiger partial charge in [-0.05, 0) is 92.1 Å². The van der Waals surface area contributed by atoms with Crippen molar-refractivity contribution in [1.82, 2.24) is 75.8 Å². The summed E-state index contributed by atoms with van der Waals surface area (Å²) < 4.78 is 0. The number of hydrogen-bond donors (Lipinski definition) is 15. The number of amides is 3. The van der Waals surface area contributed by atoms with Crippen LogP contribution in [0.3, 0.4) is 0 Å². The highest BCUT2D eigenvalue weighted by atomic mass is 16.4. The highest BCUT2D eigenvalue weighted by Crippen LogP contribution is 2.18. The van der Waals surface area contributed by atoms with E-state index in [9.17, 15) is 67.7 Å². The van der Waals surface area contributed by atoms with Crippen LogP contribution in [0.2, 0.25) is 0 Å². The van der Waals surface area contributed by atoms with Gasteiger partial charge in [-0.1, -0.05) is 41.5 Å². The number of hydrogen-bond acceptors (Lipinski definition) is 26. The van der Waals surface area contributed by atoms with Crippen molar-refractivity contribution in [1.29, 1.82) is 0 Å². The molecule has 9 aromatic rings. The molecule has 0 saturated heterocycles. The number of nitrogens with zero attached hydrogens (tertiary/aromatic N) is 9. The van der Waals surface area contributed by atoms with Gasteiger partial charge in [-0.15, -0.1) is 0 Å². The molecule has 17 N–H and O–H groups in total. The molecule has 102 heavy (non-hydrogen) atoms. The first-order valence-corrected chi connectivity index (χ1v) is 31.6. The standard InChI is InChI=1S/2C22H25N7O5.C22H24N6O6/c1-11(2)18(32)15(7-8-16(30)31)27-20(33)12-3-5-13(6-4-12)24-9-14-10-25-19-17(26-14)21(34)29-22(23)28-19;1-11(2)16(30)8-7-15(21(33)34)27-19(31)12-3-5-13(6-4-12)24-9-14-10-25-18-17(26-14)20(32)29-22(23)28-18;1-11(2)18-27-19-17(21(32)28-18)25-14(10-24-19)9-23-13-5-3-12(4-6-13)20(31)26-15(22(33)34)7-8-16(29)30/h3-6,10-11,15,24H,7-9H2,1-2H3,(H,27,33)(H,30,31)(H3,23,25,28,29,34);3-6,10-11,15,24H,7-9H2,1-2H3,(H,27,31)(H,33,34)(H3,23,25,28,29,32);3-6,10-11,15,23H,7-9H2,1-2H3,(H,26,31)(H,29,30)(H,33,34)(H,24,27,28,32)/t3*15-/m000/s1. The first kappa shape index (κ1) is 76.3. The van der Waals surface area contributed by atoms with Crippen molar-refractivity contribution in [3.8, 4) is 0 Å². The molecule has 0 unspecified atom stereocenters. The van der Waals surface area contributed by atoms with E-state index in [2.05, 4.69) is 91.7 Å². The molecule has 0 fully saturated rings. The summed E-state index contributed by atoms with van der Waals surface area (Å²) in [5.41, 5.74) is 14.9. The molecule has 0 aliphatic carbocycles. The largest absolute Gasteiger partial charge is 0.481 e. The van der Waals surface area contributed by atoms with E-state index in [0.29, 0.717) is 45.5 Å². The number of aromatic nitrogens is 12. The Hall–Kier alpha value is -13.1. The maximum absolute atomic E-state index is 12.6. The van der Waals surface area contributed by atoms with Gasteiger partial charge in [0.1, 0.15) is 23.7 Å². The Morgan fingerprint density at radius 2 is 0.745 bits per heavy atom. The number of ketones is 2. The number of carboxylic acid groups (broad SMARTS) is 4. The van der Waals surface area contributed by atoms with Crippen LogP contribution >= 0.6 is 0 Å². The predicted octanol–water partition coefficient (Wildman–Crippen LogP) is 3.69. The number of Topliss-reactive ketones (excluding diaryl/α,β-unsaturated/α-hetero) is 2. The van der Waals surface area contributed by atoms with Crippen molar-refractivity contribution in [2.45, 2.75) is 124 Å². The van der Waals surface area contributed by atoms with Crippen LogP contribution in [-0.2, 0) is 48.4 Å². The van der Waals surface area contributed by atoms with Gasteiger partial charge in [0.2, 0.25) is 11.9 Å². The second kappa shape index (κ2) is 35.5. The number of benzene rings is 3. The molecule has 9 rings (SSSR count). The average Bonchev–Trinajstić information content (AvgIpc) is 0.818. The molecule has 6 heterocycles. The van der Waals surface area contributed by atoms with E-state index in [1.54, 1.807) is 88.4 Å². The Balaban J connectivity index is 0.000000214. The van der Waals surface area contributed by atoms with Gasteiger partial charge < -0.3 is 68.8 Å². The van der Waals surface area contributed by atoms with E-state index in [1.807, 2.05) is 13.8 Å². The van der Waals surface area contributed by atoms with E-state index >= 15 is 0 Å². The molecule has 3 atom stereocenters. The molecule has 3 aromatic carbocycles. The molecule has 534 valence electrons. The van der Waals surface area contributed by atoms with E-state index < -0.39 is 70.8 Å². The third-order valence-electron chi connectivity index (χ3n) is 14.9. The number of H-pyrrole nitrogens is 3. The minimum Gasteiger partial charge on any atom is -0.481 e. The van der Waals surface area contributed by atoms with Crippen molar-refractivity contribution < 1.29 is 63.6 Å². The van der Waals surface area contributed by atoms with Crippen molar-refractivity contribution in [3.05, 3.63) is 162 Å². The minimum atomic E-state index is -1.31. The number of anilines is 5. The van der Waals surface area contributed by atoms with E-state index in [-0.39, 0.29) is 150 Å². The van der Waals surface area contributed by atoms with E-state index in [4.69, 9.17) is 21.7 Å². The molecule has 36 heteroatoms. The van der Waals surface area contributed by atoms with Gasteiger partial charge in [-0.2, -0.15) is 9.97 Å². The molecule has 0 saturated carbocycles. The van der Waals surface area contributed by atoms with Crippen molar-refractivity contribution in [2.24, 2.45) is 11.8 Å². The molecule has 6 aromatic heterocycles. The molecule has 3 amide bonds. The maximum atomic E-state index is 12.6. The third-order valence-corrected chi connectivity index (χ3v) is 14.9. The molecular weight excluding hydrogens is 1330 g/mol. The Morgan fingerprint density at radius 3 is 1.07 bits per heavy atom. The van der Waals surface area contributed by atoms with Gasteiger partial charge in [0.05, 0.1) is 61.3 Å². The van der Waals surface area contributed by atoms with Crippen LogP contribution in [-0.4, -0.2) is 152 Å². The van der Waals surface area contributed by atoms with Crippen LogP contribution in [0.1, 0.15) is 140 Å². The number of aromatic amines is 3. The number of rotatable bonds is 30. The van der Waals surface area contributed by atoms with E-state index in [1.165, 1.54) is 30.7 Å². The Bertz CT molecular complexity index is 4760. The predicted molar refractivity (Wildman–Crippen MR) is 370 cm³/mol. The van der Waals surface area contributed by atoms with Crippen LogP contribution in [0.15, 0.2) is 106 Å². The van der Waals surface area contributed by atoms with Crippen LogP contribution in [0, 0.1) is 11.8 Å². The van der Waals surface area contributed by atoms with Gasteiger partial charge in [0.15, 0.2) is 39.3 Å². The number of carboxylic acids is 4. The zero-order chi connectivity index (χ0) is 74.5. The highest BCUT2D eigenvalue weighted by Gasteiger charge is 2.26. The quantitative estimate of drug-likeness (QED) is 0.0305. The molecule has 0 aliphatic heterocycles. The van der Waals surface area contributed by atoms with E-state index in [0.717, 1.165) is 0 Å². The second-order valence-electron chi connectivity index (χ2n) is 23.7. The number of carbonyl (C=O) groups excluding carboxylic acids is 5. The van der Waals surface area contributed by atoms with Crippen molar-refractivity contribution in [2.75, 3.05) is 27.4 Å². The second-order valence-corrected chi connectivity index (χ2v) is 23.7. The Kier molecular flexibility index (Phi) is 26.5. The van der Waals surface area contributed by atoms with Crippen LogP contribution in [0.25, 0.3) is 33.5 Å². The van der Waals surface area contributed by atoms with Crippen LogP contribution < -0.4 is 60.0 Å². The van der Waals surface area contributed by atoms with Gasteiger partial charge >= 0.3 is 23.9 Å². The highest BCUT2D eigenvalue weighted by molar-refractivity contribution is 5.99. The number of carbonyl (C=O) groups is 9. The maximum Gasteiger partial charge on any atom is 0.326 e. The SMILES string of the molecule is CC(C)C(=O)CC[C@H](NC(=O)c1ccc(NCc2cnc3nc(N)[nH]c(=O)c3n2)cc1)C(=O)O.CC(C)C(=O)[C@H](CCC(=O)O)NC(=O)c1ccc(NCc2cnc3nc(N)[nH]c(=O)c3n2)cc1.CC(C)c1nc2ncc(CNc3ccc(C(=O)N[C@@H](CCC(=O)O)C(=O)O)cc3)nc2c(=O)[nH]1. The van der Waals surface area contributed by atoms with Gasteiger partial charge in [-0.25, -0.2) is 44.5 Å². The summed E-state index contributed by atoms with van der Waals surface area (Å²) in [5, 5.41) is 52.9. The lowest BCUT2D eigenvalue weighted by molar-refractivity contribution is -0.141. The zero-order valence-electron chi connectivity index (χ0n) is 55.9. The first-order valence-electron chi connectivity index (χ1n) is 31.6. The third kappa shape index (κ3) is 22.2. The summed E-state index contributed by atoms with van der Waals surface area (Å²) in [6.45, 7) is 11.5. The lowest BCUT2D eigenvalue weighted by atomic mass is 9.97. The topological polar surface area (TPSA) is 573 Å². The number of nitrogens with two attached hydrogens (primary N) is 2. The van der Waals surface area contributed by atoms with Crippen LogP contribution in [0.5, 0.6) is 0 Å². The molecule has 0 bridgehead atoms. The monoisotopic (exact) mass is 1400 g/mol. The summed E-state index contributed by atoms with van der Waals surface area (Å²) in [4.78, 5) is 187. The fraction of sp³-hybridized carbons (Fsp3) is 0.318. The number of nitrogen functional groups attached to an aromatic ring is 2. The Morgan fingerprint density at radius 1 is 0.422 bits per heavy atom. The number of nitrogens with one attached hydrogen (secondary N) is 9. The molecular formula is C66H74N20O16. The lowest BCUT2D eigenvalue weighted by Crippen LogP contribution is -2.43. The molecule has 0 spiro atoms. The lowest BCUT2D eigenvalue weighted by Gasteiger charge is -2.19. The van der Waals surface area contributed by atoms with Gasteiger partial charge in [0, 0.05) is 70.8 Å². The van der Waals surface area contributed by atoms with Crippen LogP contribution in [0.4, 0.5) is 29.0 Å². The fourth-order valence-corrected chi connectivity index (χ4v) is 9.28. The minimum absolute atomic E-state index is 0.0233. The molecule has 0 aliphatic rings. The summed E-state index contributed by atoms with van der Waals surface area (Å²) in [7, 11) is 0. The normalized spacial score (nSPS) is 11.9. The van der Waals surface area contributed by atoms with Crippen molar-refractivity contribution >= 4 is 116 Å². The number of aliphatic carboxylic acids is 4. The summed E-state index contributed by atoms with van der Waals surface area (Å²) in [5.74, 6) is -6.64. The fourth-order valence-electron chi connectivity index (χ4n) is 9.28. The molecule has 36 nitrogen and oxygen atoms in total. The summed E-state index contributed by atoms with van der Waals surface area (Å²) >= 11 is 0. The summed E-state index contributed by atoms with van der Waals surface area (Å²) in [6, 6.07) is 15.8. The molecule has 0 radical (unpaired) electrons. The summed E-state index contributed by atoms with van der Waals surface area (Å²) in [6.07, 6.45) is 3.77. The first-order chi connectivity index (χ1) is 48.4. The van der Waals surface area contributed by atoms with Crippen molar-refractivity contribution in [3.63, 3.8) is 0 Å². The Labute approximate surface area is 577 Å². The zero-order valence-corrected chi connectivity index (χ0v) is 55.9. The van der Waals surface area contributed by atoms with Gasteiger partial charge in [-0.3, -0.25) is 57.9 Å². The smallest absolute Gasteiger partial charge is 0.326 e. The van der Waals surface area contributed by atoms with Gasteiger partial charge in [0.25, 0.3) is 34.4 Å². The number of fused-ring (bicyclic) bond motifs is 3. The average molecular weight is 1400 g/mol.